The number of amides is 3. The second-order valence-electron chi connectivity index (χ2n) is 8.64. The number of carbonyl (C=O) groups excluding carboxylic acids is 2. The maximum atomic E-state index is 13.1. The Kier molecular flexibility index (Phi) is 7.30. The molecule has 3 aromatic rings. The van der Waals surface area contributed by atoms with Crippen LogP contribution in [0.15, 0.2) is 65.7 Å². The molecule has 11 heteroatoms. The van der Waals surface area contributed by atoms with Gasteiger partial charge in [0.15, 0.2) is 9.84 Å². The lowest BCUT2D eigenvalue weighted by Gasteiger charge is -2.24. The first-order valence-corrected chi connectivity index (χ1v) is 13.4. The van der Waals surface area contributed by atoms with Crippen LogP contribution in [0.4, 0.5) is 16.3 Å². The number of nitrogens with zero attached hydrogens (tertiary/aromatic N) is 2. The van der Waals surface area contributed by atoms with Gasteiger partial charge < -0.3 is 20.6 Å². The van der Waals surface area contributed by atoms with Gasteiger partial charge in [0.25, 0.3) is 0 Å². The Morgan fingerprint density at radius 1 is 1.11 bits per heavy atom. The van der Waals surface area contributed by atoms with Gasteiger partial charge in [-0.1, -0.05) is 29.8 Å². The minimum atomic E-state index is -3.45. The molecule has 9 nitrogen and oxygen atoms in total. The van der Waals surface area contributed by atoms with Gasteiger partial charge in [0, 0.05) is 47.3 Å². The highest BCUT2D eigenvalue weighted by atomic mass is 35.5. The minimum Gasteiger partial charge on any atom is -0.391 e. The first-order chi connectivity index (χ1) is 17.0. The van der Waals surface area contributed by atoms with Crippen molar-refractivity contribution in [3.8, 4) is 11.1 Å². The monoisotopic (exact) mass is 528 g/mol. The number of aliphatic hydroxyl groups is 1. The Morgan fingerprint density at radius 2 is 1.81 bits per heavy atom. The molecule has 0 bridgehead atoms. The number of carbonyl (C=O) groups is 2. The fourth-order valence-electron chi connectivity index (χ4n) is 4.10. The summed E-state index contributed by atoms with van der Waals surface area (Å²) in [6.07, 6.45) is 1.87. The third-order valence-electron chi connectivity index (χ3n) is 5.86. The van der Waals surface area contributed by atoms with E-state index in [0.29, 0.717) is 27.4 Å². The number of likely N-dealkylation sites (tertiary alicyclic amines) is 1. The van der Waals surface area contributed by atoms with Gasteiger partial charge in [-0.3, -0.25) is 4.79 Å². The summed E-state index contributed by atoms with van der Waals surface area (Å²) in [5.41, 5.74) is 2.22. The summed E-state index contributed by atoms with van der Waals surface area (Å²) in [7, 11) is -3.45. The topological polar surface area (TPSA) is 129 Å². The molecular formula is C25H25ClN4O5S. The van der Waals surface area contributed by atoms with E-state index in [1.165, 1.54) is 17.2 Å². The molecule has 188 valence electrons. The molecule has 1 aliphatic rings. The largest absolute Gasteiger partial charge is 0.391 e. The van der Waals surface area contributed by atoms with Crippen LogP contribution in [0.25, 0.3) is 11.1 Å². The zero-order chi connectivity index (χ0) is 26.0. The van der Waals surface area contributed by atoms with Gasteiger partial charge in [-0.25, -0.2) is 18.2 Å². The van der Waals surface area contributed by atoms with E-state index in [2.05, 4.69) is 15.6 Å². The van der Waals surface area contributed by atoms with Crippen molar-refractivity contribution in [3.05, 3.63) is 71.4 Å². The Morgan fingerprint density at radius 3 is 2.47 bits per heavy atom. The van der Waals surface area contributed by atoms with Crippen LogP contribution in [0, 0.1) is 6.92 Å². The third-order valence-corrected chi connectivity index (χ3v) is 7.26. The SMILES string of the molecule is Cc1cc(-c2ccccc2S(C)(=O)=O)cnc1NC(=O)C1CC(O)CN1C(=O)Nc1ccc(Cl)cc1. The number of pyridine rings is 1. The number of aromatic nitrogens is 1. The van der Waals surface area contributed by atoms with E-state index in [0.717, 1.165) is 6.26 Å². The van der Waals surface area contributed by atoms with Crippen molar-refractivity contribution in [3.63, 3.8) is 0 Å². The lowest BCUT2D eigenvalue weighted by molar-refractivity contribution is -0.119. The first kappa shape index (κ1) is 25.6. The second kappa shape index (κ2) is 10.3. The van der Waals surface area contributed by atoms with E-state index in [1.54, 1.807) is 55.5 Å². The summed E-state index contributed by atoms with van der Waals surface area (Å²) in [6.45, 7) is 1.74. The van der Waals surface area contributed by atoms with Crippen LogP contribution in [0.5, 0.6) is 0 Å². The lowest BCUT2D eigenvalue weighted by atomic mass is 10.1. The highest BCUT2D eigenvalue weighted by Gasteiger charge is 2.39. The normalized spacial score (nSPS) is 17.6. The molecule has 3 amide bonds. The Bertz CT molecular complexity index is 1410. The average Bonchev–Trinajstić information content (AvgIpc) is 3.23. The van der Waals surface area contributed by atoms with Crippen LogP contribution >= 0.6 is 11.6 Å². The first-order valence-electron chi connectivity index (χ1n) is 11.1. The molecule has 1 aliphatic heterocycles. The fraction of sp³-hybridized carbons (Fsp3) is 0.240. The molecule has 1 fully saturated rings. The number of rotatable bonds is 5. The number of hydrogen-bond acceptors (Lipinski definition) is 6. The molecule has 2 aromatic carbocycles. The van der Waals surface area contributed by atoms with Gasteiger partial charge in [0.2, 0.25) is 5.91 Å². The van der Waals surface area contributed by atoms with Crippen LogP contribution in [0.1, 0.15) is 12.0 Å². The van der Waals surface area contributed by atoms with E-state index in [-0.39, 0.29) is 23.7 Å². The number of halogens is 1. The number of β-amino-alcohol motifs (C(OH)–C–C–N with tert-alkyl or cyclic N) is 1. The molecule has 2 atom stereocenters. The summed E-state index contributed by atoms with van der Waals surface area (Å²) >= 11 is 5.88. The zero-order valence-electron chi connectivity index (χ0n) is 19.6. The number of aliphatic hydroxyl groups excluding tert-OH is 1. The van der Waals surface area contributed by atoms with Gasteiger partial charge >= 0.3 is 6.03 Å². The summed E-state index contributed by atoms with van der Waals surface area (Å²) in [6, 6.07) is 13.5. The van der Waals surface area contributed by atoms with Crippen molar-refractivity contribution in [2.75, 3.05) is 23.4 Å². The lowest BCUT2D eigenvalue weighted by Crippen LogP contribution is -2.45. The molecular weight excluding hydrogens is 504 g/mol. The third kappa shape index (κ3) is 5.67. The zero-order valence-corrected chi connectivity index (χ0v) is 21.2. The quantitative estimate of drug-likeness (QED) is 0.463. The predicted octanol–water partition coefficient (Wildman–Crippen LogP) is 3.72. The maximum Gasteiger partial charge on any atom is 0.322 e. The molecule has 0 saturated carbocycles. The van der Waals surface area contributed by atoms with Gasteiger partial charge in [0.1, 0.15) is 11.9 Å². The minimum absolute atomic E-state index is 0.00509. The van der Waals surface area contributed by atoms with E-state index in [4.69, 9.17) is 11.6 Å². The Balaban J connectivity index is 1.51. The molecule has 0 aliphatic carbocycles. The van der Waals surface area contributed by atoms with Crippen LogP contribution in [0.3, 0.4) is 0 Å². The summed E-state index contributed by atoms with van der Waals surface area (Å²) in [4.78, 5) is 31.7. The Hall–Kier alpha value is -3.47. The van der Waals surface area contributed by atoms with E-state index >= 15 is 0 Å². The van der Waals surface area contributed by atoms with Crippen molar-refractivity contribution >= 4 is 44.9 Å². The predicted molar refractivity (Wildman–Crippen MR) is 138 cm³/mol. The van der Waals surface area contributed by atoms with Crippen LogP contribution < -0.4 is 10.6 Å². The molecule has 4 rings (SSSR count). The van der Waals surface area contributed by atoms with Gasteiger partial charge in [0.05, 0.1) is 11.0 Å². The molecule has 36 heavy (non-hydrogen) atoms. The van der Waals surface area contributed by atoms with Crippen molar-refractivity contribution in [2.45, 2.75) is 30.4 Å². The van der Waals surface area contributed by atoms with E-state index < -0.39 is 33.9 Å². The van der Waals surface area contributed by atoms with Crippen molar-refractivity contribution in [1.82, 2.24) is 9.88 Å². The number of sulfone groups is 1. The highest BCUT2D eigenvalue weighted by Crippen LogP contribution is 2.29. The molecule has 0 radical (unpaired) electrons. The number of anilines is 2. The van der Waals surface area contributed by atoms with Gasteiger partial charge in [-0.05, 0) is 48.9 Å². The van der Waals surface area contributed by atoms with Gasteiger partial charge in [-0.2, -0.15) is 0 Å². The number of urea groups is 1. The van der Waals surface area contributed by atoms with Crippen molar-refractivity contribution in [1.29, 1.82) is 0 Å². The summed E-state index contributed by atoms with van der Waals surface area (Å²) in [5, 5.41) is 16.1. The molecule has 1 saturated heterocycles. The molecule has 2 unspecified atom stereocenters. The smallest absolute Gasteiger partial charge is 0.322 e. The van der Waals surface area contributed by atoms with Gasteiger partial charge in [-0.15, -0.1) is 0 Å². The van der Waals surface area contributed by atoms with Crippen molar-refractivity contribution in [2.24, 2.45) is 0 Å². The maximum absolute atomic E-state index is 13.1. The highest BCUT2D eigenvalue weighted by molar-refractivity contribution is 7.90. The average molecular weight is 529 g/mol. The number of benzene rings is 2. The Labute approximate surface area is 214 Å². The summed E-state index contributed by atoms with van der Waals surface area (Å²) in [5.74, 6) is -0.210. The van der Waals surface area contributed by atoms with E-state index in [9.17, 15) is 23.1 Å². The second-order valence-corrected chi connectivity index (χ2v) is 11.1. The molecule has 3 N–H and O–H groups in total. The fourth-order valence-corrected chi connectivity index (χ4v) is 5.13. The number of nitrogens with one attached hydrogen (secondary N) is 2. The molecule has 0 spiro atoms. The van der Waals surface area contributed by atoms with Crippen molar-refractivity contribution < 1.29 is 23.1 Å². The van der Waals surface area contributed by atoms with Crippen LogP contribution in [0.2, 0.25) is 5.02 Å². The summed E-state index contributed by atoms with van der Waals surface area (Å²) < 4.78 is 24.3. The molecule has 1 aromatic heterocycles. The van der Waals surface area contributed by atoms with E-state index in [1.807, 2.05) is 0 Å². The number of aryl methyl sites for hydroxylation is 1. The van der Waals surface area contributed by atoms with Crippen LogP contribution in [-0.2, 0) is 14.6 Å². The van der Waals surface area contributed by atoms with Crippen LogP contribution in [-0.4, -0.2) is 60.3 Å². The number of hydrogen-bond donors (Lipinski definition) is 3. The molecule has 2 heterocycles. The standard InChI is InChI=1S/C25H25ClN4O5S/c1-15-11-16(20-5-3-4-6-22(20)36(2,34)35)13-27-23(15)29-24(32)21-12-19(31)14-30(21)25(33)28-18-9-7-17(26)8-10-18/h3-11,13,19,21,31H,12,14H2,1-2H3,(H,28,33)(H,27,29,32).